The van der Waals surface area contributed by atoms with Crippen LogP contribution in [0.4, 0.5) is 4.79 Å². The second kappa shape index (κ2) is 7.07. The lowest BCUT2D eigenvalue weighted by atomic mass is 10.1. The summed E-state index contributed by atoms with van der Waals surface area (Å²) in [6.07, 6.45) is 1.62. The Hall–Kier alpha value is -2.09. The summed E-state index contributed by atoms with van der Waals surface area (Å²) in [5.41, 5.74) is 5.95. The van der Waals surface area contributed by atoms with Crippen molar-refractivity contribution in [2.24, 2.45) is 5.73 Å². The van der Waals surface area contributed by atoms with Gasteiger partial charge in [0.15, 0.2) is 5.76 Å². The maximum Gasteiger partial charge on any atom is 0.315 e. The van der Waals surface area contributed by atoms with Crippen LogP contribution >= 0.6 is 0 Å². The standard InChI is InChI=1S/C13H21N5O3/c1-9-6-11(21-17-9)7-15-13(20)16-10-2-4-18(5-3-10)8-12(14)19/h6,10H,2-5,7-8H2,1H3,(H2,14,19)(H2,15,16,20). The molecule has 3 amide bonds. The molecule has 1 aromatic heterocycles. The minimum atomic E-state index is -0.318. The fourth-order valence-electron chi connectivity index (χ4n) is 2.36. The number of rotatable bonds is 5. The molecule has 1 aromatic rings. The summed E-state index contributed by atoms with van der Waals surface area (Å²) in [5.74, 6) is 0.306. The van der Waals surface area contributed by atoms with E-state index in [0.29, 0.717) is 12.3 Å². The number of hydrogen-bond donors (Lipinski definition) is 3. The highest BCUT2D eigenvalue weighted by Gasteiger charge is 2.21. The molecule has 0 saturated carbocycles. The monoisotopic (exact) mass is 295 g/mol. The molecule has 0 atom stereocenters. The molecule has 21 heavy (non-hydrogen) atoms. The number of hydrogen-bond acceptors (Lipinski definition) is 5. The zero-order valence-corrected chi connectivity index (χ0v) is 12.1. The number of primary amides is 1. The van der Waals surface area contributed by atoms with E-state index in [1.807, 2.05) is 11.8 Å². The van der Waals surface area contributed by atoms with Gasteiger partial charge in [-0.3, -0.25) is 9.69 Å². The minimum absolute atomic E-state index is 0.116. The third-order valence-electron chi connectivity index (χ3n) is 3.40. The predicted molar refractivity (Wildman–Crippen MR) is 75.3 cm³/mol. The van der Waals surface area contributed by atoms with Gasteiger partial charge < -0.3 is 20.9 Å². The molecule has 4 N–H and O–H groups in total. The molecule has 0 bridgehead atoms. The highest BCUT2D eigenvalue weighted by Crippen LogP contribution is 2.09. The lowest BCUT2D eigenvalue weighted by Gasteiger charge is -2.31. The van der Waals surface area contributed by atoms with Crippen LogP contribution in [0.1, 0.15) is 24.3 Å². The van der Waals surface area contributed by atoms with Gasteiger partial charge in [0.1, 0.15) is 0 Å². The Kier molecular flexibility index (Phi) is 5.15. The van der Waals surface area contributed by atoms with Crippen LogP contribution in [0, 0.1) is 6.92 Å². The van der Waals surface area contributed by atoms with Gasteiger partial charge in [-0.2, -0.15) is 0 Å². The van der Waals surface area contributed by atoms with Crippen molar-refractivity contribution < 1.29 is 14.1 Å². The number of amides is 3. The highest BCUT2D eigenvalue weighted by atomic mass is 16.5. The third-order valence-corrected chi connectivity index (χ3v) is 3.40. The topological polar surface area (TPSA) is 113 Å². The van der Waals surface area contributed by atoms with E-state index in [2.05, 4.69) is 15.8 Å². The Morgan fingerprint density at radius 2 is 2.19 bits per heavy atom. The molecular weight excluding hydrogens is 274 g/mol. The lowest BCUT2D eigenvalue weighted by Crippen LogP contribution is -2.49. The maximum atomic E-state index is 11.8. The Balaban J connectivity index is 1.66. The molecule has 0 radical (unpaired) electrons. The zero-order chi connectivity index (χ0) is 15.2. The minimum Gasteiger partial charge on any atom is -0.369 e. The fraction of sp³-hybridized carbons (Fsp3) is 0.615. The Morgan fingerprint density at radius 3 is 2.76 bits per heavy atom. The summed E-state index contributed by atoms with van der Waals surface area (Å²) in [4.78, 5) is 24.6. The Labute approximate surface area is 123 Å². The summed E-state index contributed by atoms with van der Waals surface area (Å²) >= 11 is 0. The molecule has 0 aliphatic carbocycles. The second-order valence-electron chi connectivity index (χ2n) is 5.28. The van der Waals surface area contributed by atoms with Gasteiger partial charge in [0, 0.05) is 25.2 Å². The van der Waals surface area contributed by atoms with Crippen molar-refractivity contribution in [2.75, 3.05) is 19.6 Å². The van der Waals surface area contributed by atoms with Gasteiger partial charge in [-0.15, -0.1) is 0 Å². The first-order valence-electron chi connectivity index (χ1n) is 7.00. The van der Waals surface area contributed by atoms with E-state index >= 15 is 0 Å². The van der Waals surface area contributed by atoms with Gasteiger partial charge in [-0.05, 0) is 19.8 Å². The quantitative estimate of drug-likeness (QED) is 0.692. The second-order valence-corrected chi connectivity index (χ2v) is 5.28. The van der Waals surface area contributed by atoms with Gasteiger partial charge >= 0.3 is 6.03 Å². The number of nitrogens with two attached hydrogens (primary N) is 1. The largest absolute Gasteiger partial charge is 0.369 e. The third kappa shape index (κ3) is 5.07. The fourth-order valence-corrected chi connectivity index (χ4v) is 2.36. The number of piperidine rings is 1. The Morgan fingerprint density at radius 1 is 1.48 bits per heavy atom. The molecular formula is C13H21N5O3. The van der Waals surface area contributed by atoms with E-state index in [1.165, 1.54) is 0 Å². The average Bonchev–Trinajstić information content (AvgIpc) is 2.84. The van der Waals surface area contributed by atoms with E-state index in [0.717, 1.165) is 31.6 Å². The van der Waals surface area contributed by atoms with Crippen LogP contribution in [0.15, 0.2) is 10.6 Å². The predicted octanol–water partition coefficient (Wildman–Crippen LogP) is -0.268. The number of aromatic nitrogens is 1. The van der Waals surface area contributed by atoms with Crippen molar-refractivity contribution in [3.05, 3.63) is 17.5 Å². The molecule has 0 unspecified atom stereocenters. The SMILES string of the molecule is Cc1cc(CNC(=O)NC2CCN(CC(N)=O)CC2)on1. The van der Waals surface area contributed by atoms with Crippen LogP contribution in [-0.2, 0) is 11.3 Å². The summed E-state index contributed by atoms with van der Waals surface area (Å²) in [6.45, 7) is 3.94. The van der Waals surface area contributed by atoms with Crippen LogP contribution in [0.5, 0.6) is 0 Å². The average molecular weight is 295 g/mol. The normalized spacial score (nSPS) is 16.6. The summed E-state index contributed by atoms with van der Waals surface area (Å²) in [6, 6.07) is 1.67. The van der Waals surface area contributed by atoms with Crippen LogP contribution in [0.3, 0.4) is 0 Å². The van der Waals surface area contributed by atoms with Gasteiger partial charge in [0.2, 0.25) is 5.91 Å². The van der Waals surface area contributed by atoms with E-state index < -0.39 is 0 Å². The number of carbonyl (C=O) groups excluding carboxylic acids is 2. The maximum absolute atomic E-state index is 11.8. The molecule has 2 rings (SSSR count). The summed E-state index contributed by atoms with van der Waals surface area (Å²) in [7, 11) is 0. The van der Waals surface area contributed by atoms with Crippen molar-refractivity contribution in [1.82, 2.24) is 20.7 Å². The van der Waals surface area contributed by atoms with Crippen LogP contribution < -0.4 is 16.4 Å². The smallest absolute Gasteiger partial charge is 0.315 e. The van der Waals surface area contributed by atoms with Gasteiger partial charge in [-0.1, -0.05) is 5.16 Å². The lowest BCUT2D eigenvalue weighted by molar-refractivity contribution is -0.119. The Bertz CT molecular complexity index is 494. The number of nitrogens with zero attached hydrogens (tertiary/aromatic N) is 2. The van der Waals surface area contributed by atoms with Crippen molar-refractivity contribution in [3.8, 4) is 0 Å². The molecule has 1 saturated heterocycles. The molecule has 8 heteroatoms. The van der Waals surface area contributed by atoms with E-state index in [-0.39, 0.29) is 24.5 Å². The van der Waals surface area contributed by atoms with E-state index in [9.17, 15) is 9.59 Å². The van der Waals surface area contributed by atoms with Crippen LogP contribution in [-0.4, -0.2) is 47.7 Å². The first kappa shape index (κ1) is 15.3. The van der Waals surface area contributed by atoms with Gasteiger partial charge in [0.05, 0.1) is 18.8 Å². The first-order valence-corrected chi connectivity index (χ1v) is 7.00. The first-order chi connectivity index (χ1) is 10.0. The zero-order valence-electron chi connectivity index (χ0n) is 12.1. The van der Waals surface area contributed by atoms with E-state index in [1.54, 1.807) is 6.07 Å². The number of likely N-dealkylation sites (tertiary alicyclic amines) is 1. The van der Waals surface area contributed by atoms with Crippen molar-refractivity contribution in [1.29, 1.82) is 0 Å². The molecule has 8 nitrogen and oxygen atoms in total. The number of carbonyl (C=O) groups is 2. The molecule has 116 valence electrons. The van der Waals surface area contributed by atoms with Crippen LogP contribution in [0.25, 0.3) is 0 Å². The molecule has 1 aliphatic heterocycles. The number of urea groups is 1. The molecule has 1 fully saturated rings. The van der Waals surface area contributed by atoms with Crippen LogP contribution in [0.2, 0.25) is 0 Å². The number of aryl methyl sites for hydroxylation is 1. The number of nitrogens with one attached hydrogen (secondary N) is 2. The molecule has 1 aliphatic rings. The molecule has 0 aromatic carbocycles. The van der Waals surface area contributed by atoms with Gasteiger partial charge in [0.25, 0.3) is 0 Å². The van der Waals surface area contributed by atoms with E-state index in [4.69, 9.17) is 10.3 Å². The van der Waals surface area contributed by atoms with Crippen molar-refractivity contribution in [3.63, 3.8) is 0 Å². The summed E-state index contributed by atoms with van der Waals surface area (Å²) in [5, 5.41) is 9.40. The molecule has 0 spiro atoms. The summed E-state index contributed by atoms with van der Waals surface area (Å²) < 4.78 is 5.01. The van der Waals surface area contributed by atoms with Crippen molar-refractivity contribution in [2.45, 2.75) is 32.4 Å². The molecule has 2 heterocycles. The van der Waals surface area contributed by atoms with Gasteiger partial charge in [-0.25, -0.2) is 4.79 Å². The van der Waals surface area contributed by atoms with Crippen molar-refractivity contribution >= 4 is 11.9 Å². The highest BCUT2D eigenvalue weighted by molar-refractivity contribution is 5.76.